The molecule has 0 radical (unpaired) electrons. The van der Waals surface area contributed by atoms with E-state index in [2.05, 4.69) is 9.97 Å². The molecule has 0 saturated heterocycles. The van der Waals surface area contributed by atoms with Crippen LogP contribution in [0, 0.1) is 23.3 Å². The van der Waals surface area contributed by atoms with Crippen LogP contribution >= 0.6 is 0 Å². The molecule has 0 aliphatic carbocycles. The van der Waals surface area contributed by atoms with Crippen LogP contribution in [0.2, 0.25) is 0 Å². The van der Waals surface area contributed by atoms with Crippen molar-refractivity contribution in [2.24, 2.45) is 0 Å². The molecule has 7 heteroatoms. The second-order valence-corrected chi connectivity index (χ2v) is 5.63. The topological polar surface area (TPSA) is 25.8 Å². The van der Waals surface area contributed by atoms with E-state index in [4.69, 9.17) is 0 Å². The molecule has 0 aliphatic heterocycles. The normalized spacial score (nSPS) is 9.79. The van der Waals surface area contributed by atoms with Crippen molar-refractivity contribution in [1.82, 2.24) is 9.97 Å². The number of nitrogens with zero attached hydrogens (tertiary/aromatic N) is 2. The van der Waals surface area contributed by atoms with Crippen molar-refractivity contribution in [2.45, 2.75) is 0 Å². The second-order valence-electron chi connectivity index (χ2n) is 5.63. The molecule has 2 aromatic carbocycles. The summed E-state index contributed by atoms with van der Waals surface area (Å²) in [5, 5.41) is 0. The first-order valence-electron chi connectivity index (χ1n) is 8.28. The van der Waals surface area contributed by atoms with Crippen LogP contribution in [0.15, 0.2) is 85.2 Å². The largest absolute Gasteiger partial charge is 3.00 e. The molecule has 0 bridgehead atoms. The summed E-state index contributed by atoms with van der Waals surface area (Å²) in [7, 11) is 0. The van der Waals surface area contributed by atoms with Crippen LogP contribution in [0.5, 0.6) is 0 Å². The summed E-state index contributed by atoms with van der Waals surface area (Å²) >= 11 is 0. The van der Waals surface area contributed by atoms with Crippen LogP contribution < -0.4 is 0 Å². The summed E-state index contributed by atoms with van der Waals surface area (Å²) in [6.45, 7) is 0. The van der Waals surface area contributed by atoms with Crippen molar-refractivity contribution >= 4 is 0 Å². The minimum Gasteiger partial charge on any atom is -0.256 e. The smallest absolute Gasteiger partial charge is 0.256 e. The number of halogens is 4. The van der Waals surface area contributed by atoms with Gasteiger partial charge in [0.15, 0.2) is 23.3 Å². The average molecular weight is 575 g/mol. The SMILES string of the molecule is Fc1cccc(-c2ccccn2)c1F.Fc1cccc(-c2ccccn2)c1F.[Ir+3]. The van der Waals surface area contributed by atoms with Gasteiger partial charge in [0.25, 0.3) is 0 Å². The molecule has 0 atom stereocenters. The van der Waals surface area contributed by atoms with Crippen molar-refractivity contribution in [3.8, 4) is 22.5 Å². The standard InChI is InChI=1S/2C11H7F2N.Ir/c2*12-9-5-3-4-8(11(9)13)10-6-1-2-7-14-10;/h2*1-7H;/q;;+3. The quantitative estimate of drug-likeness (QED) is 0.273. The molecule has 4 rings (SSSR count). The third-order valence-electron chi connectivity index (χ3n) is 3.78. The van der Waals surface area contributed by atoms with Crippen molar-refractivity contribution in [1.29, 1.82) is 0 Å². The minimum atomic E-state index is -0.855. The Morgan fingerprint density at radius 1 is 0.483 bits per heavy atom. The van der Waals surface area contributed by atoms with Gasteiger partial charge in [0.05, 0.1) is 11.4 Å². The maximum Gasteiger partial charge on any atom is 3.00 e. The Bertz CT molecular complexity index is 974. The third-order valence-corrected chi connectivity index (χ3v) is 3.78. The van der Waals surface area contributed by atoms with Crippen LogP contribution in [0.1, 0.15) is 0 Å². The number of hydrogen-bond acceptors (Lipinski definition) is 2. The molecule has 2 heterocycles. The molecule has 0 spiro atoms. The zero-order valence-electron chi connectivity index (χ0n) is 14.8. The van der Waals surface area contributed by atoms with E-state index < -0.39 is 23.3 Å². The van der Waals surface area contributed by atoms with Gasteiger partial charge in [-0.1, -0.05) is 24.3 Å². The Morgan fingerprint density at radius 3 is 1.24 bits per heavy atom. The van der Waals surface area contributed by atoms with E-state index >= 15 is 0 Å². The van der Waals surface area contributed by atoms with Gasteiger partial charge >= 0.3 is 20.1 Å². The van der Waals surface area contributed by atoms with Crippen LogP contribution in [0.25, 0.3) is 22.5 Å². The monoisotopic (exact) mass is 575 g/mol. The maximum absolute atomic E-state index is 13.3. The summed E-state index contributed by atoms with van der Waals surface area (Å²) in [6.07, 6.45) is 3.08. The summed E-state index contributed by atoms with van der Waals surface area (Å²) in [4.78, 5) is 7.89. The van der Waals surface area contributed by atoms with Gasteiger partial charge in [-0.2, -0.15) is 0 Å². The zero-order valence-corrected chi connectivity index (χ0v) is 17.2. The maximum atomic E-state index is 13.3. The van der Waals surface area contributed by atoms with Crippen molar-refractivity contribution < 1.29 is 37.7 Å². The molecule has 0 aliphatic rings. The molecule has 0 saturated carbocycles. The van der Waals surface area contributed by atoms with Gasteiger partial charge < -0.3 is 0 Å². The number of benzene rings is 2. The molecule has 29 heavy (non-hydrogen) atoms. The van der Waals surface area contributed by atoms with Crippen molar-refractivity contribution in [2.75, 3.05) is 0 Å². The van der Waals surface area contributed by atoms with Crippen LogP contribution in [0.3, 0.4) is 0 Å². The summed E-state index contributed by atoms with van der Waals surface area (Å²) < 4.78 is 52.3. The first kappa shape index (κ1) is 22.4. The van der Waals surface area contributed by atoms with E-state index in [-0.39, 0.29) is 31.2 Å². The van der Waals surface area contributed by atoms with E-state index in [1.54, 1.807) is 48.8 Å². The van der Waals surface area contributed by atoms with Crippen LogP contribution in [-0.4, -0.2) is 9.97 Å². The van der Waals surface area contributed by atoms with Crippen LogP contribution in [0.4, 0.5) is 17.6 Å². The third kappa shape index (κ3) is 5.56. The average Bonchev–Trinajstić information content (AvgIpc) is 2.74. The fourth-order valence-electron chi connectivity index (χ4n) is 2.45. The molecular weight excluding hydrogens is 560 g/mol. The molecule has 0 amide bonds. The van der Waals surface area contributed by atoms with Gasteiger partial charge in [-0.05, 0) is 48.5 Å². The van der Waals surface area contributed by atoms with Crippen molar-refractivity contribution in [3.63, 3.8) is 0 Å². The Hall–Kier alpha value is -2.89. The molecule has 0 fully saturated rings. The fraction of sp³-hybridized carbons (Fsp3) is 0. The van der Waals surface area contributed by atoms with Gasteiger partial charge in [0, 0.05) is 23.5 Å². The molecule has 0 N–H and O–H groups in total. The fourth-order valence-corrected chi connectivity index (χ4v) is 2.45. The molecule has 0 unspecified atom stereocenters. The molecule has 4 aromatic rings. The summed E-state index contributed by atoms with van der Waals surface area (Å²) in [5.74, 6) is -3.42. The first-order valence-corrected chi connectivity index (χ1v) is 8.28. The van der Waals surface area contributed by atoms with Crippen molar-refractivity contribution in [3.05, 3.63) is 108 Å². The van der Waals surface area contributed by atoms with E-state index in [1.807, 2.05) is 0 Å². The van der Waals surface area contributed by atoms with E-state index in [9.17, 15) is 17.6 Å². The summed E-state index contributed by atoms with van der Waals surface area (Å²) in [5.41, 5.74) is 1.24. The molecule has 146 valence electrons. The number of hydrogen-bond donors (Lipinski definition) is 0. The van der Waals surface area contributed by atoms with E-state index in [0.717, 1.165) is 12.1 Å². The van der Waals surface area contributed by atoms with Gasteiger partial charge in [0.2, 0.25) is 0 Å². The second kappa shape index (κ2) is 10.6. The van der Waals surface area contributed by atoms with Gasteiger partial charge in [-0.15, -0.1) is 0 Å². The minimum absolute atomic E-state index is 0. The van der Waals surface area contributed by atoms with Gasteiger partial charge in [-0.3, -0.25) is 9.97 Å². The zero-order chi connectivity index (χ0) is 19.9. The Morgan fingerprint density at radius 2 is 0.897 bits per heavy atom. The Balaban J connectivity index is 0.000000200. The Labute approximate surface area is 178 Å². The van der Waals surface area contributed by atoms with Gasteiger partial charge in [-0.25, -0.2) is 17.6 Å². The first-order chi connectivity index (χ1) is 13.6. The van der Waals surface area contributed by atoms with E-state index in [1.165, 1.54) is 24.3 Å². The molecule has 2 aromatic heterocycles. The van der Waals surface area contributed by atoms with Crippen LogP contribution in [-0.2, 0) is 20.1 Å². The molecular formula is C22H14F4IrN2+3. The van der Waals surface area contributed by atoms with Gasteiger partial charge in [0.1, 0.15) is 0 Å². The molecule has 2 nitrogen and oxygen atoms in total. The number of pyridine rings is 2. The predicted octanol–water partition coefficient (Wildman–Crippen LogP) is 6.05. The summed E-state index contributed by atoms with van der Waals surface area (Å²) in [6, 6.07) is 18.3. The predicted molar refractivity (Wildman–Crippen MR) is 99.2 cm³/mol. The number of aromatic nitrogens is 2. The Kier molecular flexibility index (Phi) is 8.19. The number of rotatable bonds is 2. The van der Waals surface area contributed by atoms with E-state index in [0.29, 0.717) is 11.4 Å².